The van der Waals surface area contributed by atoms with Crippen molar-refractivity contribution < 1.29 is 14.4 Å². The molecule has 2 amide bonds. The number of hydrogen-bond donors (Lipinski definition) is 2. The van der Waals surface area contributed by atoms with E-state index < -0.39 is 0 Å². The molecule has 0 radical (unpaired) electrons. The molecule has 6 heterocycles. The molecule has 2 N–H and O–H groups in total. The molecule has 3 aliphatic heterocycles. The van der Waals surface area contributed by atoms with Crippen LogP contribution in [0.3, 0.4) is 0 Å². The predicted molar refractivity (Wildman–Crippen MR) is 210 cm³/mol. The second-order valence-corrected chi connectivity index (χ2v) is 15.8. The molecule has 282 valence electrons. The van der Waals surface area contributed by atoms with E-state index in [1.165, 1.54) is 44.7 Å². The van der Waals surface area contributed by atoms with Crippen molar-refractivity contribution in [3.05, 3.63) is 75.8 Å². The van der Waals surface area contributed by atoms with Gasteiger partial charge >= 0.3 is 0 Å². The summed E-state index contributed by atoms with van der Waals surface area (Å²) >= 11 is 0. The summed E-state index contributed by atoms with van der Waals surface area (Å²) in [5, 5.41) is 6.46. The maximum atomic E-state index is 13.6. The Labute approximate surface area is 315 Å². The van der Waals surface area contributed by atoms with Crippen molar-refractivity contribution in [1.29, 1.82) is 0 Å². The quantitative estimate of drug-likeness (QED) is 0.143. The number of carbonyl (C=O) groups is 3. The maximum absolute atomic E-state index is 13.6. The molecule has 54 heavy (non-hydrogen) atoms. The minimum atomic E-state index is -0.257. The Morgan fingerprint density at radius 2 is 1.56 bits per heavy atom. The Hall–Kier alpha value is -5.13. The summed E-state index contributed by atoms with van der Waals surface area (Å²) in [5.74, 6) is 1.63. The summed E-state index contributed by atoms with van der Waals surface area (Å²) in [6.45, 7) is 7.33. The van der Waals surface area contributed by atoms with Gasteiger partial charge in [0.1, 0.15) is 11.5 Å². The van der Waals surface area contributed by atoms with Gasteiger partial charge in [0, 0.05) is 55.9 Å². The summed E-state index contributed by atoms with van der Waals surface area (Å²) in [4.78, 5) is 69.0. The largest absolute Gasteiger partial charge is 0.372 e. The van der Waals surface area contributed by atoms with Crippen LogP contribution in [0.1, 0.15) is 111 Å². The number of Topliss-reactive ketones (excluding diaryl/α,β-unsaturated/α-hetero) is 1. The number of piperidine rings is 3. The van der Waals surface area contributed by atoms with E-state index >= 15 is 0 Å². The number of aromatic nitrogens is 4. The molecule has 12 nitrogen and oxygen atoms in total. The Bertz CT molecular complexity index is 2110. The molecule has 4 aliphatic rings. The van der Waals surface area contributed by atoms with Crippen molar-refractivity contribution in [2.24, 2.45) is 11.8 Å². The second-order valence-electron chi connectivity index (χ2n) is 15.8. The smallest absolute Gasteiger partial charge is 0.263 e. The van der Waals surface area contributed by atoms with Gasteiger partial charge in [0.25, 0.3) is 5.56 Å². The van der Waals surface area contributed by atoms with Gasteiger partial charge in [-0.2, -0.15) is 4.98 Å². The average molecular weight is 731 g/mol. The lowest BCUT2D eigenvalue weighted by Gasteiger charge is -2.38. The number of pyridine rings is 2. The Morgan fingerprint density at radius 1 is 0.852 bits per heavy atom. The highest BCUT2D eigenvalue weighted by atomic mass is 16.2. The number of benzene rings is 1. The van der Waals surface area contributed by atoms with E-state index in [0.29, 0.717) is 35.8 Å². The van der Waals surface area contributed by atoms with Gasteiger partial charge in [-0.25, -0.2) is 9.97 Å². The molecular weight excluding hydrogens is 681 g/mol. The predicted octanol–water partition coefficient (Wildman–Crippen LogP) is 6.60. The third-order valence-corrected chi connectivity index (χ3v) is 12.4. The third kappa shape index (κ3) is 7.35. The van der Waals surface area contributed by atoms with E-state index in [2.05, 4.69) is 43.6 Å². The van der Waals surface area contributed by atoms with E-state index in [9.17, 15) is 19.2 Å². The fourth-order valence-corrected chi connectivity index (χ4v) is 9.35. The van der Waals surface area contributed by atoms with Crippen LogP contribution in [0.5, 0.6) is 0 Å². The minimum absolute atomic E-state index is 0.0273. The lowest BCUT2D eigenvalue weighted by Crippen LogP contribution is -2.39. The molecule has 1 aliphatic carbocycles. The number of imide groups is 1. The van der Waals surface area contributed by atoms with Crippen molar-refractivity contribution >= 4 is 51.8 Å². The number of aryl methyl sites for hydroxylation is 1. The molecule has 4 fully saturated rings. The van der Waals surface area contributed by atoms with Crippen LogP contribution in [0.2, 0.25) is 0 Å². The maximum Gasteiger partial charge on any atom is 0.263 e. The third-order valence-electron chi connectivity index (χ3n) is 12.4. The lowest BCUT2D eigenvalue weighted by molar-refractivity contribution is -0.134. The lowest BCUT2D eigenvalue weighted by atomic mass is 9.82. The highest BCUT2D eigenvalue weighted by Gasteiger charge is 2.30. The molecule has 1 unspecified atom stereocenters. The van der Waals surface area contributed by atoms with Crippen molar-refractivity contribution in [1.82, 2.24) is 24.8 Å². The summed E-state index contributed by atoms with van der Waals surface area (Å²) < 4.78 is 1.73. The van der Waals surface area contributed by atoms with Crippen molar-refractivity contribution in [2.75, 3.05) is 41.3 Å². The number of rotatable bonds is 9. The fourth-order valence-electron chi connectivity index (χ4n) is 9.35. The van der Waals surface area contributed by atoms with E-state index in [0.717, 1.165) is 80.3 Å². The van der Waals surface area contributed by atoms with Crippen molar-refractivity contribution in [3.63, 3.8) is 0 Å². The first-order chi connectivity index (χ1) is 26.2. The number of amides is 2. The summed E-state index contributed by atoms with van der Waals surface area (Å²) in [5.41, 5.74) is 4.45. The molecule has 1 saturated carbocycles. The van der Waals surface area contributed by atoms with Gasteiger partial charge in [0.15, 0.2) is 5.78 Å². The standard InChI is InChI=1S/C42H50N8O4/c1-26-35-25-44-42(47-39(35)50(31-7-3-4-8-31)41(54)38(26)27(2)51)45-36-12-10-33(24-43-36)49-20-16-29(17-21-49)22-28-14-18-48(19-15-28)32-9-5-6-30(23-32)34-11-13-37(52)46-40(34)53/h5-6,9-10,12,23-25,28-29,31,34H,3-4,7-8,11,13-22H2,1-2H3,(H,46,52,53)(H,43,44,45,47). The minimum Gasteiger partial charge on any atom is -0.372 e. The topological polar surface area (TPSA) is 142 Å². The molecule has 12 heteroatoms. The Balaban J connectivity index is 0.843. The van der Waals surface area contributed by atoms with Crippen LogP contribution in [0, 0.1) is 18.8 Å². The highest BCUT2D eigenvalue weighted by Crippen LogP contribution is 2.35. The number of hydrogen-bond acceptors (Lipinski definition) is 10. The SMILES string of the molecule is CC(=O)c1c(C)c2cnc(Nc3ccc(N4CCC(CC5CCN(c6cccc(C7CCC(=O)NC7=O)c6)CC5)CC4)cn3)nc2n(C2CCCC2)c1=O. The van der Waals surface area contributed by atoms with Crippen LogP contribution in [0.15, 0.2) is 53.6 Å². The molecular formula is C42H50N8O4. The molecule has 8 rings (SSSR count). The molecule has 1 aromatic carbocycles. The van der Waals surface area contributed by atoms with Crippen molar-refractivity contribution in [2.45, 2.75) is 96.4 Å². The zero-order valence-corrected chi connectivity index (χ0v) is 31.4. The highest BCUT2D eigenvalue weighted by molar-refractivity contribution is 6.01. The van der Waals surface area contributed by atoms with Gasteiger partial charge < -0.3 is 15.1 Å². The van der Waals surface area contributed by atoms with Crippen LogP contribution in [0.4, 0.5) is 23.1 Å². The number of nitrogens with zero attached hydrogens (tertiary/aromatic N) is 6. The molecule has 4 aromatic rings. The van der Waals surface area contributed by atoms with Crippen LogP contribution < -0.4 is 26.0 Å². The Morgan fingerprint density at radius 3 is 2.20 bits per heavy atom. The van der Waals surface area contributed by atoms with Gasteiger partial charge in [0.05, 0.1) is 23.4 Å². The van der Waals surface area contributed by atoms with Gasteiger partial charge in [-0.15, -0.1) is 0 Å². The summed E-state index contributed by atoms with van der Waals surface area (Å²) in [7, 11) is 0. The van der Waals surface area contributed by atoms with Gasteiger partial charge in [-0.3, -0.25) is 29.1 Å². The number of fused-ring (bicyclic) bond motifs is 1. The zero-order valence-electron chi connectivity index (χ0n) is 31.4. The monoisotopic (exact) mass is 730 g/mol. The molecule has 1 atom stereocenters. The first-order valence-electron chi connectivity index (χ1n) is 19.8. The van der Waals surface area contributed by atoms with Crippen LogP contribution in [-0.2, 0) is 9.59 Å². The number of anilines is 4. The van der Waals surface area contributed by atoms with E-state index in [1.807, 2.05) is 24.4 Å². The van der Waals surface area contributed by atoms with E-state index in [-0.39, 0.29) is 40.7 Å². The average Bonchev–Trinajstić information content (AvgIpc) is 3.70. The molecule has 0 spiro atoms. The van der Waals surface area contributed by atoms with E-state index in [4.69, 9.17) is 9.97 Å². The molecule has 3 aromatic heterocycles. The fraction of sp³-hybridized carbons (Fsp3) is 0.500. The molecule has 0 bridgehead atoms. The number of ketones is 1. The summed E-state index contributed by atoms with van der Waals surface area (Å²) in [6.07, 6.45) is 14.5. The Kier molecular flexibility index (Phi) is 10.2. The first kappa shape index (κ1) is 35.9. The van der Waals surface area contributed by atoms with Gasteiger partial charge in [-0.05, 0) is 112 Å². The van der Waals surface area contributed by atoms with E-state index in [1.54, 1.807) is 17.7 Å². The van der Waals surface area contributed by atoms with Crippen LogP contribution >= 0.6 is 0 Å². The molecule has 3 saturated heterocycles. The van der Waals surface area contributed by atoms with Gasteiger partial charge in [0.2, 0.25) is 17.8 Å². The summed E-state index contributed by atoms with van der Waals surface area (Å²) in [6, 6.07) is 12.4. The van der Waals surface area contributed by atoms with Crippen LogP contribution in [-0.4, -0.2) is 63.3 Å². The van der Waals surface area contributed by atoms with Crippen LogP contribution in [0.25, 0.3) is 11.0 Å². The normalized spacial score (nSPS) is 20.4. The van der Waals surface area contributed by atoms with Gasteiger partial charge in [-0.1, -0.05) is 25.0 Å². The second kappa shape index (κ2) is 15.3. The number of carbonyl (C=O) groups excluding carboxylic acids is 3. The number of nitrogens with one attached hydrogen (secondary N) is 2. The zero-order chi connectivity index (χ0) is 37.3. The first-order valence-corrected chi connectivity index (χ1v) is 19.8. The van der Waals surface area contributed by atoms with Crippen molar-refractivity contribution in [3.8, 4) is 0 Å².